The number of thiophene rings is 1. The third-order valence-corrected chi connectivity index (χ3v) is 13.2. The average molecular weight is 743 g/mol. The molecule has 0 bridgehead atoms. The van der Waals surface area contributed by atoms with E-state index in [1.165, 1.54) is 97.0 Å². The first-order chi connectivity index (χ1) is 28.3. The maximum absolute atomic E-state index is 6.43. The van der Waals surface area contributed by atoms with E-state index in [1.54, 1.807) is 0 Å². The van der Waals surface area contributed by atoms with Crippen molar-refractivity contribution < 1.29 is 4.42 Å². The lowest BCUT2D eigenvalue weighted by atomic mass is 9.83. The van der Waals surface area contributed by atoms with Gasteiger partial charge in [-0.2, -0.15) is 0 Å². The summed E-state index contributed by atoms with van der Waals surface area (Å²) in [5, 5.41) is 12.5. The van der Waals surface area contributed by atoms with Gasteiger partial charge in [0.25, 0.3) is 0 Å². The van der Waals surface area contributed by atoms with Crippen LogP contribution in [0.15, 0.2) is 199 Å². The monoisotopic (exact) mass is 742 g/mol. The molecule has 0 amide bonds. The number of hydrogen-bond donors (Lipinski definition) is 0. The molecule has 2 heteroatoms. The molecule has 0 saturated heterocycles. The Labute approximate surface area is 333 Å². The highest BCUT2D eigenvalue weighted by Gasteiger charge is 2.22. The van der Waals surface area contributed by atoms with Crippen LogP contribution in [0.25, 0.3) is 108 Å². The first-order valence-corrected chi connectivity index (χ1v) is 20.4. The van der Waals surface area contributed by atoms with E-state index in [1.807, 2.05) is 11.3 Å². The van der Waals surface area contributed by atoms with Crippen molar-refractivity contribution in [3.63, 3.8) is 0 Å². The van der Waals surface area contributed by atoms with Gasteiger partial charge in [0.1, 0.15) is 11.2 Å². The molecule has 0 unspecified atom stereocenters. The Morgan fingerprint density at radius 3 is 1.79 bits per heavy atom. The molecule has 266 valence electrons. The van der Waals surface area contributed by atoms with E-state index in [-0.39, 0.29) is 0 Å². The van der Waals surface area contributed by atoms with Crippen molar-refractivity contribution in [2.75, 3.05) is 0 Å². The molecule has 0 aliphatic carbocycles. The van der Waals surface area contributed by atoms with E-state index in [2.05, 4.69) is 194 Å². The molecular weight excluding hydrogens is 709 g/mol. The summed E-state index contributed by atoms with van der Waals surface area (Å²) in [4.78, 5) is 0. The lowest BCUT2D eigenvalue weighted by Gasteiger charge is -2.21. The van der Waals surface area contributed by atoms with Crippen LogP contribution in [0.1, 0.15) is 11.1 Å². The SMILES string of the molecule is c1ccc(-c2ccc3ccc(-c4cccc5c4sc4ccccc45)c(Cc4c5ccccc5c(-c5cccc6oc7ccccc7c56)c5ccccc45)c3c2)cc1. The predicted octanol–water partition coefficient (Wildman–Crippen LogP) is 16.0. The Balaban J connectivity index is 1.17. The molecule has 0 aliphatic rings. The lowest BCUT2D eigenvalue weighted by Crippen LogP contribution is -1.99. The van der Waals surface area contributed by atoms with Crippen LogP contribution in [-0.2, 0) is 6.42 Å². The first kappa shape index (κ1) is 32.3. The van der Waals surface area contributed by atoms with Crippen LogP contribution in [0.3, 0.4) is 0 Å². The molecule has 1 nitrogen and oxygen atoms in total. The molecule has 2 aromatic heterocycles. The highest BCUT2D eigenvalue weighted by Crippen LogP contribution is 2.47. The van der Waals surface area contributed by atoms with Crippen molar-refractivity contribution >= 4 is 85.8 Å². The molecule has 0 saturated carbocycles. The summed E-state index contributed by atoms with van der Waals surface area (Å²) in [7, 11) is 0. The molecule has 0 atom stereocenters. The van der Waals surface area contributed by atoms with Gasteiger partial charge in [-0.05, 0) is 108 Å². The van der Waals surface area contributed by atoms with Crippen molar-refractivity contribution in [2.24, 2.45) is 0 Å². The van der Waals surface area contributed by atoms with Crippen LogP contribution >= 0.6 is 11.3 Å². The third kappa shape index (κ3) is 5.01. The molecule has 12 rings (SSSR count). The van der Waals surface area contributed by atoms with E-state index in [4.69, 9.17) is 4.42 Å². The van der Waals surface area contributed by atoms with Gasteiger partial charge in [0.2, 0.25) is 0 Å². The van der Waals surface area contributed by atoms with Gasteiger partial charge in [-0.15, -0.1) is 11.3 Å². The predicted molar refractivity (Wildman–Crippen MR) is 245 cm³/mol. The minimum atomic E-state index is 0.770. The Morgan fingerprint density at radius 2 is 0.982 bits per heavy atom. The first-order valence-electron chi connectivity index (χ1n) is 19.6. The van der Waals surface area contributed by atoms with Gasteiger partial charge < -0.3 is 4.42 Å². The van der Waals surface area contributed by atoms with Gasteiger partial charge in [0.15, 0.2) is 0 Å². The van der Waals surface area contributed by atoms with E-state index in [0.717, 1.165) is 28.4 Å². The van der Waals surface area contributed by atoms with Crippen molar-refractivity contribution in [2.45, 2.75) is 6.42 Å². The molecule has 0 fully saturated rings. The van der Waals surface area contributed by atoms with Crippen molar-refractivity contribution in [3.05, 3.63) is 205 Å². The van der Waals surface area contributed by atoms with Gasteiger partial charge in [-0.1, -0.05) is 170 Å². The summed E-state index contributed by atoms with van der Waals surface area (Å²) in [6.07, 6.45) is 0.770. The fourth-order valence-electron chi connectivity index (χ4n) is 9.45. The third-order valence-electron chi connectivity index (χ3n) is 12.0. The molecular formula is C55H34OS. The van der Waals surface area contributed by atoms with Crippen molar-refractivity contribution in [1.82, 2.24) is 0 Å². The van der Waals surface area contributed by atoms with Crippen molar-refractivity contribution in [1.29, 1.82) is 0 Å². The normalized spacial score (nSPS) is 11.9. The number of benzene rings is 10. The van der Waals surface area contributed by atoms with Gasteiger partial charge in [-0.3, -0.25) is 0 Å². The standard InChI is InChI=1S/C55H34OS/c1-2-14-34(15-3-1)36-29-28-35-30-31-39(43-22-12-23-44-40-18-9-11-27-52(40)57-55(43)44)49(47(35)32-36)33-48-37-16-4-6-19-41(37)53(42-20-7-5-17-38(42)48)46-24-13-26-51-54(46)45-21-8-10-25-50(45)56-51/h1-32H,33H2. The minimum Gasteiger partial charge on any atom is -0.456 e. The van der Waals surface area contributed by atoms with E-state index in [9.17, 15) is 0 Å². The molecule has 0 aliphatic heterocycles. The molecule has 0 N–H and O–H groups in total. The number of furan rings is 1. The largest absolute Gasteiger partial charge is 0.456 e. The molecule has 57 heavy (non-hydrogen) atoms. The highest BCUT2D eigenvalue weighted by atomic mass is 32.1. The molecule has 0 spiro atoms. The second-order valence-corrected chi connectivity index (χ2v) is 16.1. The number of fused-ring (bicyclic) bond motifs is 9. The quantitative estimate of drug-likeness (QED) is 0.160. The fourth-order valence-corrected chi connectivity index (χ4v) is 10.7. The molecule has 12 aromatic rings. The summed E-state index contributed by atoms with van der Waals surface area (Å²) in [6, 6.07) is 71.2. The number of rotatable bonds is 5. The summed E-state index contributed by atoms with van der Waals surface area (Å²) >= 11 is 1.90. The molecule has 10 aromatic carbocycles. The summed E-state index contributed by atoms with van der Waals surface area (Å²) in [6.45, 7) is 0. The van der Waals surface area contributed by atoms with Gasteiger partial charge in [0.05, 0.1) is 0 Å². The molecule has 2 heterocycles. The Hall–Kier alpha value is -7.00. The zero-order valence-electron chi connectivity index (χ0n) is 31.0. The smallest absolute Gasteiger partial charge is 0.136 e. The maximum Gasteiger partial charge on any atom is 0.136 e. The van der Waals surface area contributed by atoms with Gasteiger partial charge >= 0.3 is 0 Å². The second kappa shape index (κ2) is 12.8. The summed E-state index contributed by atoms with van der Waals surface area (Å²) in [5.41, 5.74) is 12.0. The highest BCUT2D eigenvalue weighted by molar-refractivity contribution is 7.26. The van der Waals surface area contributed by atoms with Crippen molar-refractivity contribution in [3.8, 4) is 33.4 Å². The summed E-state index contributed by atoms with van der Waals surface area (Å²) < 4.78 is 9.09. The van der Waals surface area contributed by atoms with E-state index < -0.39 is 0 Å². The van der Waals surface area contributed by atoms with E-state index >= 15 is 0 Å². The van der Waals surface area contributed by atoms with Crippen LogP contribution in [0.2, 0.25) is 0 Å². The zero-order chi connectivity index (χ0) is 37.5. The Kier molecular flexibility index (Phi) is 7.23. The van der Waals surface area contributed by atoms with E-state index in [0.29, 0.717) is 0 Å². The zero-order valence-corrected chi connectivity index (χ0v) is 31.8. The van der Waals surface area contributed by atoms with Crippen LogP contribution in [0, 0.1) is 0 Å². The van der Waals surface area contributed by atoms with Crippen LogP contribution < -0.4 is 0 Å². The summed E-state index contributed by atoms with van der Waals surface area (Å²) in [5.74, 6) is 0. The molecule has 0 radical (unpaired) electrons. The number of para-hydroxylation sites is 1. The van der Waals surface area contributed by atoms with Crippen LogP contribution in [0.5, 0.6) is 0 Å². The maximum atomic E-state index is 6.43. The minimum absolute atomic E-state index is 0.770. The topological polar surface area (TPSA) is 13.1 Å². The number of hydrogen-bond acceptors (Lipinski definition) is 2. The Bertz CT molecular complexity index is 3490. The fraction of sp³-hybridized carbons (Fsp3) is 0.0182. The van der Waals surface area contributed by atoms with Gasteiger partial charge in [-0.25, -0.2) is 0 Å². The lowest BCUT2D eigenvalue weighted by molar-refractivity contribution is 0.669. The van der Waals surface area contributed by atoms with Crippen LogP contribution in [-0.4, -0.2) is 0 Å². The van der Waals surface area contributed by atoms with Crippen LogP contribution in [0.4, 0.5) is 0 Å². The van der Waals surface area contributed by atoms with Gasteiger partial charge in [0, 0.05) is 30.9 Å². The average Bonchev–Trinajstić information content (AvgIpc) is 3.86. The Morgan fingerprint density at radius 1 is 0.368 bits per heavy atom. The second-order valence-electron chi connectivity index (χ2n) is 15.1.